The van der Waals surface area contributed by atoms with Gasteiger partial charge in [-0.1, -0.05) is 24.3 Å². The fourth-order valence-corrected chi connectivity index (χ4v) is 4.81. The van der Waals surface area contributed by atoms with Crippen molar-refractivity contribution in [2.24, 2.45) is 5.92 Å². The van der Waals surface area contributed by atoms with Gasteiger partial charge in [0.1, 0.15) is 0 Å². The molecule has 3 aliphatic rings. The van der Waals surface area contributed by atoms with E-state index < -0.39 is 5.54 Å². The fourth-order valence-electron chi connectivity index (χ4n) is 4.81. The normalized spacial score (nSPS) is 28.1. The predicted octanol–water partition coefficient (Wildman–Crippen LogP) is 1.18. The summed E-state index contributed by atoms with van der Waals surface area (Å²) in [5, 5.41) is 12.6. The molecule has 2 N–H and O–H groups in total. The van der Waals surface area contributed by atoms with Crippen molar-refractivity contribution in [3.63, 3.8) is 0 Å². The smallest absolute Gasteiger partial charge is 0.228 e. The molecular formula is C21H28N2O4. The van der Waals surface area contributed by atoms with Crippen molar-refractivity contribution >= 4 is 11.8 Å². The van der Waals surface area contributed by atoms with Gasteiger partial charge in [0.25, 0.3) is 0 Å². The molecule has 3 atom stereocenters. The maximum Gasteiger partial charge on any atom is 0.228 e. The first-order chi connectivity index (χ1) is 13.0. The number of fused-ring (bicyclic) bond motifs is 2. The van der Waals surface area contributed by atoms with E-state index in [2.05, 4.69) is 5.32 Å². The van der Waals surface area contributed by atoms with Gasteiger partial charge in [-0.25, -0.2) is 0 Å². The Bertz CT molecular complexity index is 729. The van der Waals surface area contributed by atoms with Crippen LogP contribution in [0.3, 0.4) is 0 Å². The van der Waals surface area contributed by atoms with Gasteiger partial charge < -0.3 is 20.1 Å². The average Bonchev–Trinajstić information content (AvgIpc) is 3.24. The van der Waals surface area contributed by atoms with Crippen molar-refractivity contribution in [3.8, 4) is 0 Å². The number of aryl methyl sites for hydroxylation is 1. The number of hydrogen-bond acceptors (Lipinski definition) is 4. The van der Waals surface area contributed by atoms with Gasteiger partial charge in [0, 0.05) is 19.7 Å². The molecule has 3 fully saturated rings. The number of likely N-dealkylation sites (tertiary alicyclic amines) is 1. The summed E-state index contributed by atoms with van der Waals surface area (Å²) in [6, 6.07) is 7.84. The molecule has 0 unspecified atom stereocenters. The highest BCUT2D eigenvalue weighted by molar-refractivity contribution is 5.83. The van der Waals surface area contributed by atoms with Crippen molar-refractivity contribution in [2.75, 3.05) is 19.7 Å². The van der Waals surface area contributed by atoms with Gasteiger partial charge in [0.2, 0.25) is 11.8 Å². The lowest BCUT2D eigenvalue weighted by atomic mass is 9.82. The Morgan fingerprint density at radius 3 is 2.70 bits per heavy atom. The number of benzene rings is 1. The second-order valence-corrected chi connectivity index (χ2v) is 8.32. The third kappa shape index (κ3) is 3.60. The van der Waals surface area contributed by atoms with Crippen molar-refractivity contribution in [2.45, 2.75) is 56.8 Å². The van der Waals surface area contributed by atoms with Crippen LogP contribution in [0.5, 0.6) is 0 Å². The molecule has 2 amide bonds. The minimum absolute atomic E-state index is 0.0100. The van der Waals surface area contributed by atoms with Crippen molar-refractivity contribution < 1.29 is 19.4 Å². The molecule has 1 aromatic carbocycles. The zero-order valence-electron chi connectivity index (χ0n) is 15.8. The van der Waals surface area contributed by atoms with Crippen LogP contribution in [0.2, 0.25) is 0 Å². The second kappa shape index (κ2) is 7.24. The minimum Gasteiger partial charge on any atom is -0.396 e. The van der Waals surface area contributed by atoms with E-state index >= 15 is 0 Å². The number of hydrogen-bond donors (Lipinski definition) is 2. The number of amides is 2. The van der Waals surface area contributed by atoms with Gasteiger partial charge in [-0.2, -0.15) is 0 Å². The van der Waals surface area contributed by atoms with Crippen LogP contribution in [0.1, 0.15) is 36.8 Å². The Balaban J connectivity index is 1.35. The molecule has 4 rings (SSSR count). The number of ether oxygens (including phenoxy) is 1. The zero-order chi connectivity index (χ0) is 19.0. The molecule has 27 heavy (non-hydrogen) atoms. The Hall–Kier alpha value is -1.92. The van der Waals surface area contributed by atoms with Crippen molar-refractivity contribution in [1.82, 2.24) is 10.2 Å². The van der Waals surface area contributed by atoms with E-state index in [1.165, 1.54) is 0 Å². The molecule has 0 aliphatic carbocycles. The van der Waals surface area contributed by atoms with Crippen LogP contribution in [0.15, 0.2) is 24.3 Å². The maximum atomic E-state index is 12.8. The Kier molecular flexibility index (Phi) is 4.95. The van der Waals surface area contributed by atoms with Crippen LogP contribution in [0.25, 0.3) is 0 Å². The lowest BCUT2D eigenvalue weighted by Crippen LogP contribution is -2.72. The monoisotopic (exact) mass is 372 g/mol. The topological polar surface area (TPSA) is 78.9 Å². The summed E-state index contributed by atoms with van der Waals surface area (Å²) in [5.41, 5.74) is 1.58. The molecule has 146 valence electrons. The first-order valence-corrected chi connectivity index (χ1v) is 9.90. The third-order valence-corrected chi connectivity index (χ3v) is 6.33. The first kappa shape index (κ1) is 18.4. The molecule has 1 aromatic rings. The second-order valence-electron chi connectivity index (χ2n) is 8.32. The van der Waals surface area contributed by atoms with Crippen molar-refractivity contribution in [3.05, 3.63) is 35.4 Å². The summed E-state index contributed by atoms with van der Waals surface area (Å²) in [5.74, 6) is 0.0515. The average molecular weight is 372 g/mol. The zero-order valence-corrected chi connectivity index (χ0v) is 15.8. The van der Waals surface area contributed by atoms with E-state index in [9.17, 15) is 14.7 Å². The van der Waals surface area contributed by atoms with E-state index in [4.69, 9.17) is 4.74 Å². The van der Waals surface area contributed by atoms with E-state index in [1.54, 1.807) is 0 Å². The van der Waals surface area contributed by atoms with Crippen LogP contribution in [0.4, 0.5) is 0 Å². The number of carbonyl (C=O) groups is 2. The molecule has 0 radical (unpaired) electrons. The molecule has 3 heterocycles. The number of aliphatic hydroxyl groups is 1. The van der Waals surface area contributed by atoms with Crippen LogP contribution >= 0.6 is 0 Å². The SMILES string of the molecule is Cc1ccccc1CC(=O)NC1(CCO)CN(C(=O)[C@@H]2C[C@H]3CC[C@@H]2O3)C1. The van der Waals surface area contributed by atoms with Crippen LogP contribution in [0, 0.1) is 12.8 Å². The maximum absolute atomic E-state index is 12.8. The minimum atomic E-state index is -0.511. The van der Waals surface area contributed by atoms with Gasteiger partial charge in [-0.3, -0.25) is 9.59 Å². The number of nitrogens with zero attached hydrogens (tertiary/aromatic N) is 1. The molecule has 0 spiro atoms. The summed E-state index contributed by atoms with van der Waals surface area (Å²) in [7, 11) is 0. The molecule has 6 nitrogen and oxygen atoms in total. The van der Waals surface area contributed by atoms with Gasteiger partial charge >= 0.3 is 0 Å². The molecule has 3 saturated heterocycles. The van der Waals surface area contributed by atoms with E-state index in [-0.39, 0.29) is 36.5 Å². The Morgan fingerprint density at radius 2 is 2.07 bits per heavy atom. The van der Waals surface area contributed by atoms with E-state index in [1.807, 2.05) is 36.1 Å². The lowest BCUT2D eigenvalue weighted by molar-refractivity contribution is -0.149. The first-order valence-electron chi connectivity index (χ1n) is 9.90. The Morgan fingerprint density at radius 1 is 1.30 bits per heavy atom. The summed E-state index contributed by atoms with van der Waals surface area (Å²) in [6.45, 7) is 2.93. The van der Waals surface area contributed by atoms with Crippen LogP contribution in [-0.2, 0) is 20.7 Å². The van der Waals surface area contributed by atoms with Gasteiger partial charge in [-0.05, 0) is 43.7 Å². The quantitative estimate of drug-likeness (QED) is 0.786. The Labute approximate surface area is 159 Å². The van der Waals surface area contributed by atoms with Gasteiger partial charge in [0.15, 0.2) is 0 Å². The van der Waals surface area contributed by atoms with Crippen LogP contribution < -0.4 is 5.32 Å². The molecule has 0 saturated carbocycles. The molecule has 3 aliphatic heterocycles. The van der Waals surface area contributed by atoms with Gasteiger partial charge in [-0.15, -0.1) is 0 Å². The largest absolute Gasteiger partial charge is 0.396 e. The fraction of sp³-hybridized carbons (Fsp3) is 0.619. The number of aliphatic hydroxyl groups excluding tert-OH is 1. The number of nitrogens with one attached hydrogen (secondary N) is 1. The third-order valence-electron chi connectivity index (χ3n) is 6.33. The number of rotatable bonds is 6. The summed E-state index contributed by atoms with van der Waals surface area (Å²) in [4.78, 5) is 27.2. The highest BCUT2D eigenvalue weighted by atomic mass is 16.5. The molecule has 6 heteroatoms. The highest BCUT2D eigenvalue weighted by Crippen LogP contribution is 2.41. The van der Waals surface area contributed by atoms with Crippen LogP contribution in [-0.4, -0.2) is 59.3 Å². The molecular weight excluding hydrogens is 344 g/mol. The van der Waals surface area contributed by atoms with E-state index in [0.717, 1.165) is 30.4 Å². The molecule has 2 bridgehead atoms. The van der Waals surface area contributed by atoms with E-state index in [0.29, 0.717) is 25.9 Å². The summed E-state index contributed by atoms with van der Waals surface area (Å²) in [6.07, 6.45) is 3.97. The highest BCUT2D eigenvalue weighted by Gasteiger charge is 2.51. The predicted molar refractivity (Wildman–Crippen MR) is 100 cm³/mol. The van der Waals surface area contributed by atoms with Crippen molar-refractivity contribution in [1.29, 1.82) is 0 Å². The standard InChI is InChI=1S/C21H28N2O4/c1-14-4-2-3-5-15(14)10-19(25)22-21(8-9-24)12-23(13-21)20(26)17-11-16-6-7-18(17)27-16/h2-5,16-18,24H,6-13H2,1H3,(H,22,25)/t16-,17-,18+/m1/s1. The summed E-state index contributed by atoms with van der Waals surface area (Å²) < 4.78 is 5.81. The van der Waals surface area contributed by atoms with Gasteiger partial charge in [0.05, 0.1) is 30.1 Å². The number of carbonyl (C=O) groups excluding carboxylic acids is 2. The summed E-state index contributed by atoms with van der Waals surface area (Å²) >= 11 is 0. The lowest BCUT2D eigenvalue weighted by Gasteiger charge is -2.51. The molecule has 0 aromatic heterocycles.